The molecule has 6 heteroatoms. The van der Waals surface area contributed by atoms with E-state index in [1.807, 2.05) is 0 Å². The van der Waals surface area contributed by atoms with Crippen LogP contribution in [0.3, 0.4) is 0 Å². The maximum absolute atomic E-state index is 10.7. The second-order valence-corrected chi connectivity index (χ2v) is 4.58. The Morgan fingerprint density at radius 3 is 3.00 bits per heavy atom. The van der Waals surface area contributed by atoms with Crippen LogP contribution in [0, 0.1) is 0 Å². The highest BCUT2D eigenvalue weighted by Crippen LogP contribution is 2.44. The van der Waals surface area contributed by atoms with E-state index in [4.69, 9.17) is 9.63 Å². The van der Waals surface area contributed by atoms with E-state index in [1.165, 1.54) is 17.4 Å². The monoisotopic (exact) mass is 236 g/mol. The highest BCUT2D eigenvalue weighted by atomic mass is 32.1. The molecule has 1 saturated carbocycles. The van der Waals surface area contributed by atoms with Gasteiger partial charge in [-0.1, -0.05) is 5.16 Å². The van der Waals surface area contributed by atoms with E-state index in [-0.39, 0.29) is 5.76 Å². The van der Waals surface area contributed by atoms with Gasteiger partial charge in [-0.05, 0) is 12.8 Å². The lowest BCUT2D eigenvalue weighted by Crippen LogP contribution is -1.91. The van der Waals surface area contributed by atoms with Crippen molar-refractivity contribution < 1.29 is 14.4 Å². The highest BCUT2D eigenvalue weighted by Gasteiger charge is 2.30. The quantitative estimate of drug-likeness (QED) is 0.885. The lowest BCUT2D eigenvalue weighted by Gasteiger charge is -1.93. The number of thiazole rings is 1. The zero-order valence-corrected chi connectivity index (χ0v) is 9.03. The Bertz CT molecular complexity index is 542. The van der Waals surface area contributed by atoms with Crippen molar-refractivity contribution in [1.82, 2.24) is 10.1 Å². The molecule has 3 rings (SSSR count). The molecule has 2 aromatic rings. The molecule has 2 heterocycles. The maximum atomic E-state index is 10.7. The topological polar surface area (TPSA) is 76.2 Å². The van der Waals surface area contributed by atoms with Crippen LogP contribution in [0.1, 0.15) is 35.0 Å². The molecule has 2 aromatic heterocycles. The van der Waals surface area contributed by atoms with E-state index in [9.17, 15) is 4.79 Å². The molecule has 0 bridgehead atoms. The number of nitrogens with zero attached hydrogens (tertiary/aromatic N) is 2. The highest BCUT2D eigenvalue weighted by molar-refractivity contribution is 7.13. The third-order valence-electron chi connectivity index (χ3n) is 2.51. The number of aromatic carboxylic acids is 1. The van der Waals surface area contributed by atoms with Crippen molar-refractivity contribution in [2.45, 2.75) is 18.8 Å². The summed E-state index contributed by atoms with van der Waals surface area (Å²) in [6, 6.07) is 1.45. The van der Waals surface area contributed by atoms with Gasteiger partial charge in [0.2, 0.25) is 5.76 Å². The van der Waals surface area contributed by atoms with Crippen molar-refractivity contribution in [3.05, 3.63) is 23.0 Å². The molecular formula is C10H8N2O3S. The Balaban J connectivity index is 2.00. The smallest absolute Gasteiger partial charge is 0.374 e. The van der Waals surface area contributed by atoms with Gasteiger partial charge < -0.3 is 9.63 Å². The molecule has 0 spiro atoms. The number of carboxylic acid groups (broad SMARTS) is 1. The fourth-order valence-corrected chi connectivity index (χ4v) is 2.41. The first-order valence-corrected chi connectivity index (χ1v) is 5.77. The Hall–Kier alpha value is -1.69. The predicted octanol–water partition coefficient (Wildman–Crippen LogP) is 2.37. The fraction of sp³-hybridized carbons (Fsp3) is 0.300. The van der Waals surface area contributed by atoms with E-state index in [0.29, 0.717) is 11.6 Å². The number of carbonyl (C=O) groups is 1. The van der Waals surface area contributed by atoms with Crippen LogP contribution in [0.25, 0.3) is 10.6 Å². The summed E-state index contributed by atoms with van der Waals surface area (Å²) in [5.74, 6) is -0.715. The third kappa shape index (κ3) is 1.51. The number of hydrogen-bond acceptors (Lipinski definition) is 5. The molecule has 0 aromatic carbocycles. The van der Waals surface area contributed by atoms with Gasteiger partial charge in [0.15, 0.2) is 0 Å². The Morgan fingerprint density at radius 2 is 2.38 bits per heavy atom. The van der Waals surface area contributed by atoms with Gasteiger partial charge in [-0.2, -0.15) is 0 Å². The molecule has 0 radical (unpaired) electrons. The molecule has 1 N–H and O–H groups in total. The van der Waals surface area contributed by atoms with E-state index in [0.717, 1.165) is 23.4 Å². The summed E-state index contributed by atoms with van der Waals surface area (Å²) in [5, 5.41) is 12.5. The van der Waals surface area contributed by atoms with Gasteiger partial charge in [0.05, 0.1) is 16.1 Å². The molecule has 0 unspecified atom stereocenters. The molecule has 1 aliphatic carbocycles. The Kier molecular flexibility index (Phi) is 2.03. The SMILES string of the molecule is O=C(O)c1cc(-c2scnc2C2CC2)no1. The Labute approximate surface area is 94.7 Å². The van der Waals surface area contributed by atoms with Crippen molar-refractivity contribution in [1.29, 1.82) is 0 Å². The van der Waals surface area contributed by atoms with Gasteiger partial charge in [-0.15, -0.1) is 11.3 Å². The maximum Gasteiger partial charge on any atom is 0.374 e. The minimum Gasteiger partial charge on any atom is -0.475 e. The van der Waals surface area contributed by atoms with Gasteiger partial charge in [0.1, 0.15) is 5.69 Å². The van der Waals surface area contributed by atoms with Gasteiger partial charge in [-0.25, -0.2) is 9.78 Å². The summed E-state index contributed by atoms with van der Waals surface area (Å²) in [5.41, 5.74) is 3.36. The lowest BCUT2D eigenvalue weighted by molar-refractivity contribution is 0.0652. The molecule has 5 nitrogen and oxygen atoms in total. The van der Waals surface area contributed by atoms with Gasteiger partial charge >= 0.3 is 5.97 Å². The molecule has 0 atom stereocenters. The average molecular weight is 236 g/mol. The predicted molar refractivity (Wildman–Crippen MR) is 56.5 cm³/mol. The van der Waals surface area contributed by atoms with Crippen molar-refractivity contribution in [3.8, 4) is 10.6 Å². The third-order valence-corrected chi connectivity index (χ3v) is 3.38. The molecule has 1 aliphatic rings. The minimum atomic E-state index is -1.10. The number of hydrogen-bond donors (Lipinski definition) is 1. The summed E-state index contributed by atoms with van der Waals surface area (Å²) in [6.07, 6.45) is 2.31. The molecule has 0 amide bonds. The fourth-order valence-electron chi connectivity index (χ4n) is 1.58. The number of carboxylic acids is 1. The second kappa shape index (κ2) is 3.41. The molecule has 0 aliphatic heterocycles. The van der Waals surface area contributed by atoms with Crippen LogP contribution in [-0.4, -0.2) is 21.2 Å². The largest absolute Gasteiger partial charge is 0.475 e. The second-order valence-electron chi connectivity index (χ2n) is 3.72. The summed E-state index contributed by atoms with van der Waals surface area (Å²) in [7, 11) is 0. The van der Waals surface area contributed by atoms with Crippen LogP contribution >= 0.6 is 11.3 Å². The van der Waals surface area contributed by atoms with Gasteiger partial charge in [0.25, 0.3) is 0 Å². The molecule has 1 fully saturated rings. The van der Waals surface area contributed by atoms with Gasteiger partial charge in [-0.3, -0.25) is 0 Å². The first-order chi connectivity index (χ1) is 7.75. The summed E-state index contributed by atoms with van der Waals surface area (Å²) in [4.78, 5) is 15.9. The summed E-state index contributed by atoms with van der Waals surface area (Å²) < 4.78 is 4.73. The van der Waals surface area contributed by atoms with Crippen molar-refractivity contribution in [2.24, 2.45) is 0 Å². The zero-order chi connectivity index (χ0) is 11.1. The first-order valence-electron chi connectivity index (χ1n) is 4.89. The van der Waals surface area contributed by atoms with E-state index >= 15 is 0 Å². The lowest BCUT2D eigenvalue weighted by atomic mass is 10.2. The van der Waals surface area contributed by atoms with Crippen LogP contribution in [0.2, 0.25) is 0 Å². The van der Waals surface area contributed by atoms with Crippen molar-refractivity contribution in [2.75, 3.05) is 0 Å². The van der Waals surface area contributed by atoms with Crippen LogP contribution < -0.4 is 0 Å². The molecule has 82 valence electrons. The van der Waals surface area contributed by atoms with E-state index in [1.54, 1.807) is 5.51 Å². The average Bonchev–Trinajstić information content (AvgIpc) is 2.83. The minimum absolute atomic E-state index is 0.134. The number of aromatic nitrogens is 2. The van der Waals surface area contributed by atoms with Crippen molar-refractivity contribution in [3.63, 3.8) is 0 Å². The van der Waals surface area contributed by atoms with E-state index in [2.05, 4.69) is 10.1 Å². The zero-order valence-electron chi connectivity index (χ0n) is 8.21. The summed E-state index contributed by atoms with van der Waals surface area (Å²) in [6.45, 7) is 0. The standard InChI is InChI=1S/C10H8N2O3S/c13-10(14)7-3-6(12-15-7)9-8(5-1-2-5)11-4-16-9/h3-5H,1-2H2,(H,13,14). The Morgan fingerprint density at radius 1 is 1.56 bits per heavy atom. The first kappa shape index (κ1) is 9.53. The van der Waals surface area contributed by atoms with Crippen LogP contribution in [0.4, 0.5) is 0 Å². The number of rotatable bonds is 3. The van der Waals surface area contributed by atoms with Crippen LogP contribution in [-0.2, 0) is 0 Å². The molecule has 16 heavy (non-hydrogen) atoms. The molecular weight excluding hydrogens is 228 g/mol. The van der Waals surface area contributed by atoms with Crippen molar-refractivity contribution >= 4 is 17.3 Å². The van der Waals surface area contributed by atoms with Crippen LogP contribution in [0.5, 0.6) is 0 Å². The van der Waals surface area contributed by atoms with Gasteiger partial charge in [0, 0.05) is 12.0 Å². The normalized spacial score (nSPS) is 15.2. The molecule has 0 saturated heterocycles. The van der Waals surface area contributed by atoms with Crippen LogP contribution in [0.15, 0.2) is 16.1 Å². The summed E-state index contributed by atoms with van der Waals surface area (Å²) >= 11 is 1.47. The van der Waals surface area contributed by atoms with E-state index < -0.39 is 5.97 Å².